The molecule has 0 radical (unpaired) electrons. The highest BCUT2D eigenvalue weighted by molar-refractivity contribution is 6.04. The van der Waals surface area contributed by atoms with Crippen LogP contribution in [-0.4, -0.2) is 23.8 Å². The average molecular weight is 418 g/mol. The number of benzene rings is 2. The number of esters is 1. The second kappa shape index (κ2) is 8.18. The Hall–Kier alpha value is -3.74. The molecule has 2 aromatic carbocycles. The van der Waals surface area contributed by atoms with Crippen LogP contribution in [0.3, 0.4) is 0 Å². The van der Waals surface area contributed by atoms with Gasteiger partial charge in [-0.15, -0.1) is 0 Å². The van der Waals surface area contributed by atoms with Crippen molar-refractivity contribution in [3.8, 4) is 0 Å². The third kappa shape index (κ3) is 3.74. The van der Waals surface area contributed by atoms with E-state index >= 15 is 0 Å². The van der Waals surface area contributed by atoms with Gasteiger partial charge >= 0.3 is 5.97 Å². The van der Waals surface area contributed by atoms with Crippen LogP contribution >= 0.6 is 0 Å². The fraction of sp³-hybridized carbons (Fsp3) is 0.250. The number of dihydropyridines is 1. The Morgan fingerprint density at radius 3 is 2.48 bits per heavy atom. The second-order valence-corrected chi connectivity index (χ2v) is 7.77. The molecule has 1 heterocycles. The quantitative estimate of drug-likeness (QED) is 0.455. The number of ketones is 1. The molecule has 0 unspecified atom stereocenters. The summed E-state index contributed by atoms with van der Waals surface area (Å²) in [5.74, 6) is -1.33. The van der Waals surface area contributed by atoms with E-state index in [0.717, 1.165) is 11.3 Å². The molecule has 1 aliphatic carbocycles. The van der Waals surface area contributed by atoms with E-state index in [1.54, 1.807) is 19.1 Å². The van der Waals surface area contributed by atoms with Crippen LogP contribution in [0, 0.1) is 10.1 Å². The lowest BCUT2D eigenvalue weighted by Gasteiger charge is -2.36. The van der Waals surface area contributed by atoms with E-state index in [2.05, 4.69) is 5.32 Å². The SMILES string of the molecule is COC(=O)C1=C(C)NC2=C(C(=O)C[C@H](c3ccccc3)C2)[C@@H]1c1cccc([N+](=O)[O-])c1. The molecule has 7 nitrogen and oxygen atoms in total. The minimum absolute atomic E-state index is 0.0261. The molecule has 7 heteroatoms. The topological polar surface area (TPSA) is 98.5 Å². The number of methoxy groups -OCH3 is 1. The molecular weight excluding hydrogens is 396 g/mol. The number of hydrogen-bond donors (Lipinski definition) is 1. The summed E-state index contributed by atoms with van der Waals surface area (Å²) < 4.78 is 4.99. The Balaban J connectivity index is 1.84. The van der Waals surface area contributed by atoms with Gasteiger partial charge in [0.25, 0.3) is 5.69 Å². The number of rotatable bonds is 4. The number of nitro benzene ring substituents is 1. The van der Waals surface area contributed by atoms with Crippen LogP contribution in [0.25, 0.3) is 0 Å². The number of nitrogens with zero attached hydrogens (tertiary/aromatic N) is 1. The second-order valence-electron chi connectivity index (χ2n) is 7.77. The molecule has 4 rings (SSSR count). The molecule has 158 valence electrons. The normalized spacial score (nSPS) is 20.8. The van der Waals surface area contributed by atoms with E-state index in [-0.39, 0.29) is 17.4 Å². The molecule has 0 saturated heterocycles. The molecule has 2 aliphatic rings. The van der Waals surface area contributed by atoms with Gasteiger partial charge in [-0.05, 0) is 30.4 Å². The van der Waals surface area contributed by atoms with Gasteiger partial charge < -0.3 is 10.1 Å². The van der Waals surface area contributed by atoms with Gasteiger partial charge in [-0.3, -0.25) is 14.9 Å². The first-order valence-electron chi connectivity index (χ1n) is 10.0. The molecule has 0 amide bonds. The van der Waals surface area contributed by atoms with Crippen molar-refractivity contribution in [1.82, 2.24) is 5.32 Å². The molecular formula is C24H22N2O5. The summed E-state index contributed by atoms with van der Waals surface area (Å²) in [4.78, 5) is 36.9. The maximum absolute atomic E-state index is 13.4. The molecule has 1 N–H and O–H groups in total. The summed E-state index contributed by atoms with van der Waals surface area (Å²) in [6.45, 7) is 1.76. The van der Waals surface area contributed by atoms with Gasteiger partial charge in [0.05, 0.1) is 17.6 Å². The highest BCUT2D eigenvalue weighted by Crippen LogP contribution is 2.46. The molecule has 2 atom stereocenters. The predicted molar refractivity (Wildman–Crippen MR) is 114 cm³/mol. The molecule has 2 aromatic rings. The molecule has 0 spiro atoms. The monoisotopic (exact) mass is 418 g/mol. The largest absolute Gasteiger partial charge is 0.466 e. The summed E-state index contributed by atoms with van der Waals surface area (Å²) in [6.07, 6.45) is 0.922. The van der Waals surface area contributed by atoms with Crippen molar-refractivity contribution in [1.29, 1.82) is 0 Å². The molecule has 1 aliphatic heterocycles. The highest BCUT2D eigenvalue weighted by Gasteiger charge is 2.41. The van der Waals surface area contributed by atoms with Crippen molar-refractivity contribution in [2.24, 2.45) is 0 Å². The number of allylic oxidation sites excluding steroid dienone is 3. The zero-order chi connectivity index (χ0) is 22.1. The van der Waals surface area contributed by atoms with Gasteiger partial charge in [-0.1, -0.05) is 42.5 Å². The first-order chi connectivity index (χ1) is 14.9. The van der Waals surface area contributed by atoms with Crippen molar-refractivity contribution in [3.05, 3.63) is 98.4 Å². The number of hydrogen-bond acceptors (Lipinski definition) is 6. The predicted octanol–water partition coefficient (Wildman–Crippen LogP) is 4.13. The number of Topliss-reactive ketones (excluding diaryl/α,β-unsaturated/α-hetero) is 1. The van der Waals surface area contributed by atoms with Crippen molar-refractivity contribution >= 4 is 17.4 Å². The van der Waals surface area contributed by atoms with E-state index in [0.29, 0.717) is 35.2 Å². The third-order valence-corrected chi connectivity index (χ3v) is 5.92. The number of non-ortho nitro benzene ring substituents is 1. The van der Waals surface area contributed by atoms with Gasteiger partial charge in [0.15, 0.2) is 5.78 Å². The number of nitrogens with one attached hydrogen (secondary N) is 1. The summed E-state index contributed by atoms with van der Waals surface area (Å²) in [6, 6.07) is 15.9. The first-order valence-corrected chi connectivity index (χ1v) is 10.0. The molecule has 0 bridgehead atoms. The Morgan fingerprint density at radius 2 is 1.81 bits per heavy atom. The Kier molecular flexibility index (Phi) is 5.42. The van der Waals surface area contributed by atoms with Gasteiger partial charge in [0.1, 0.15) is 0 Å². The molecule has 31 heavy (non-hydrogen) atoms. The Morgan fingerprint density at radius 1 is 1.10 bits per heavy atom. The average Bonchev–Trinajstić information content (AvgIpc) is 2.78. The van der Waals surface area contributed by atoms with Crippen LogP contribution in [0.4, 0.5) is 5.69 Å². The zero-order valence-corrected chi connectivity index (χ0v) is 17.3. The summed E-state index contributed by atoms with van der Waals surface area (Å²) in [5, 5.41) is 14.6. The zero-order valence-electron chi connectivity index (χ0n) is 17.3. The molecule has 0 fully saturated rings. The fourth-order valence-electron chi connectivity index (χ4n) is 4.53. The van der Waals surface area contributed by atoms with E-state index in [1.165, 1.54) is 19.2 Å². The highest BCUT2D eigenvalue weighted by atomic mass is 16.6. The minimum Gasteiger partial charge on any atom is -0.466 e. The van der Waals surface area contributed by atoms with Crippen LogP contribution in [0.2, 0.25) is 0 Å². The van der Waals surface area contributed by atoms with E-state index in [1.807, 2.05) is 30.3 Å². The summed E-state index contributed by atoms with van der Waals surface area (Å²) in [7, 11) is 1.28. The number of carbonyl (C=O) groups excluding carboxylic acids is 2. The van der Waals surface area contributed by atoms with E-state index in [9.17, 15) is 19.7 Å². The smallest absolute Gasteiger partial charge is 0.336 e. The van der Waals surface area contributed by atoms with Gasteiger partial charge in [0.2, 0.25) is 0 Å². The fourth-order valence-corrected chi connectivity index (χ4v) is 4.53. The van der Waals surface area contributed by atoms with E-state index < -0.39 is 16.8 Å². The maximum Gasteiger partial charge on any atom is 0.336 e. The third-order valence-electron chi connectivity index (χ3n) is 5.92. The maximum atomic E-state index is 13.4. The van der Waals surface area contributed by atoms with Crippen molar-refractivity contribution in [3.63, 3.8) is 0 Å². The minimum atomic E-state index is -0.715. The number of carbonyl (C=O) groups is 2. The van der Waals surface area contributed by atoms with Crippen molar-refractivity contribution in [2.45, 2.75) is 31.6 Å². The van der Waals surface area contributed by atoms with Crippen molar-refractivity contribution in [2.75, 3.05) is 7.11 Å². The number of nitro groups is 1. The van der Waals surface area contributed by atoms with Crippen LogP contribution in [-0.2, 0) is 14.3 Å². The standard InChI is InChI=1S/C24H22N2O5/c1-14-21(24(28)31-2)22(16-9-6-10-18(11-16)26(29)30)23-19(25-14)12-17(13-20(23)27)15-7-4-3-5-8-15/h3-11,17,22,25H,12-13H2,1-2H3/t17-,22-/m1/s1. The van der Waals surface area contributed by atoms with Crippen LogP contribution in [0.15, 0.2) is 77.1 Å². The molecule has 0 saturated carbocycles. The van der Waals surface area contributed by atoms with Gasteiger partial charge in [-0.25, -0.2) is 4.79 Å². The Bertz CT molecular complexity index is 1130. The lowest BCUT2D eigenvalue weighted by molar-refractivity contribution is -0.384. The number of ether oxygens (including phenoxy) is 1. The van der Waals surface area contributed by atoms with Crippen molar-refractivity contribution < 1.29 is 19.2 Å². The van der Waals surface area contributed by atoms with Crippen LogP contribution < -0.4 is 5.32 Å². The first kappa shape index (κ1) is 20.5. The summed E-state index contributed by atoms with van der Waals surface area (Å²) in [5.41, 5.74) is 3.64. The van der Waals surface area contributed by atoms with E-state index in [4.69, 9.17) is 4.74 Å². The van der Waals surface area contributed by atoms with Gasteiger partial charge in [0, 0.05) is 41.4 Å². The Labute approximate surface area is 179 Å². The molecule has 0 aromatic heterocycles. The van der Waals surface area contributed by atoms with Gasteiger partial charge in [-0.2, -0.15) is 0 Å². The summed E-state index contributed by atoms with van der Waals surface area (Å²) >= 11 is 0. The van der Waals surface area contributed by atoms with Crippen LogP contribution in [0.1, 0.15) is 42.7 Å². The van der Waals surface area contributed by atoms with Crippen LogP contribution in [0.5, 0.6) is 0 Å². The lowest BCUT2D eigenvalue weighted by Crippen LogP contribution is -2.36. The lowest BCUT2D eigenvalue weighted by atomic mass is 9.71.